The van der Waals surface area contributed by atoms with E-state index in [0.29, 0.717) is 0 Å². The molecule has 3 aliphatic rings. The van der Waals surface area contributed by atoms with Gasteiger partial charge in [-0.15, -0.1) is 4.68 Å². The maximum absolute atomic E-state index is 2.53. The molecular weight excluding hydrogens is 365 g/mol. The molecule has 0 radical (unpaired) electrons. The molecule has 4 heteroatoms. The molecule has 1 aromatic heterocycles. The monoisotopic (exact) mass is 382 g/mol. The molecule has 30 heavy (non-hydrogen) atoms. The second kappa shape index (κ2) is 5.03. The summed E-state index contributed by atoms with van der Waals surface area (Å²) in [7, 11) is 0. The highest BCUT2D eigenvalue weighted by Crippen LogP contribution is 2.42. The van der Waals surface area contributed by atoms with Crippen molar-refractivity contribution in [2.75, 3.05) is 4.92 Å². The minimum absolute atomic E-state index is 0.168. The van der Waals surface area contributed by atoms with Gasteiger partial charge in [0, 0.05) is 11.1 Å². The van der Waals surface area contributed by atoms with Crippen LogP contribution in [0.1, 0.15) is 5.56 Å². The molecule has 5 aromatic rings. The van der Waals surface area contributed by atoms with Gasteiger partial charge in [-0.05, 0) is 34.7 Å². The molecule has 0 aliphatic carbocycles. The summed E-state index contributed by atoms with van der Waals surface area (Å²) in [5, 5.41) is 0. The number of hydrogen-bond donors (Lipinski definition) is 0. The first kappa shape index (κ1) is 15.1. The molecule has 3 nitrogen and oxygen atoms in total. The molecular formula is C26H17BN3+. The van der Waals surface area contributed by atoms with Crippen LogP contribution in [-0.4, -0.2) is 11.5 Å². The van der Waals surface area contributed by atoms with E-state index in [9.17, 15) is 0 Å². The molecule has 0 amide bonds. The Hall–Kier alpha value is -3.79. The Balaban J connectivity index is 1.61. The van der Waals surface area contributed by atoms with E-state index < -0.39 is 0 Å². The van der Waals surface area contributed by atoms with E-state index >= 15 is 0 Å². The summed E-state index contributed by atoms with van der Waals surface area (Å²) in [5.41, 5.74) is 12.1. The van der Waals surface area contributed by atoms with Crippen LogP contribution >= 0.6 is 0 Å². The number of fused-ring (bicyclic) bond motifs is 11. The van der Waals surface area contributed by atoms with Crippen LogP contribution < -0.4 is 20.4 Å². The molecule has 0 N–H and O–H groups in total. The van der Waals surface area contributed by atoms with Crippen molar-refractivity contribution in [2.24, 2.45) is 0 Å². The Morgan fingerprint density at radius 2 is 1.47 bits per heavy atom. The SMILES string of the molecule is c1ccc2c(c1)B1c3cccc4c3-c3n(c5ccccc5[n+]3C4)N1c1ccccc1-2. The molecule has 0 atom stereocenters. The largest absolute Gasteiger partial charge is 0.376 e. The van der Waals surface area contributed by atoms with Crippen molar-refractivity contribution in [2.45, 2.75) is 6.54 Å². The standard InChI is InChI=1S/C26H17BN3/c1-3-11-20-18(9-1)19-10-2-4-13-22(19)30-27(20)21-12-7-8-17-16-28-23-14-5-6-15-24(23)29(30)26(28)25(17)21/h1-15H,16H2/q+1. The van der Waals surface area contributed by atoms with Crippen molar-refractivity contribution in [1.29, 1.82) is 0 Å². The van der Waals surface area contributed by atoms with Crippen molar-refractivity contribution in [3.05, 3.63) is 96.6 Å². The predicted molar refractivity (Wildman–Crippen MR) is 121 cm³/mol. The van der Waals surface area contributed by atoms with Gasteiger partial charge in [0.25, 0.3) is 0 Å². The smallest absolute Gasteiger partial charge is 0.247 e. The number of anilines is 1. The Kier molecular flexibility index (Phi) is 2.53. The fraction of sp³-hybridized carbons (Fsp3) is 0.0385. The molecule has 0 saturated carbocycles. The van der Waals surface area contributed by atoms with Gasteiger partial charge in [-0.2, -0.15) is 0 Å². The van der Waals surface area contributed by atoms with Gasteiger partial charge in [0.15, 0.2) is 11.0 Å². The van der Waals surface area contributed by atoms with Crippen LogP contribution in [0, 0.1) is 0 Å². The predicted octanol–water partition coefficient (Wildman–Crippen LogP) is 3.33. The van der Waals surface area contributed by atoms with E-state index in [1.807, 2.05) is 0 Å². The first-order valence-corrected chi connectivity index (χ1v) is 10.5. The van der Waals surface area contributed by atoms with Gasteiger partial charge in [-0.25, -0.2) is 9.49 Å². The molecule has 4 heterocycles. The highest BCUT2D eigenvalue weighted by Gasteiger charge is 2.51. The lowest BCUT2D eigenvalue weighted by Gasteiger charge is -2.38. The third-order valence-corrected chi connectivity index (χ3v) is 7.04. The zero-order valence-electron chi connectivity index (χ0n) is 16.3. The summed E-state index contributed by atoms with van der Waals surface area (Å²) in [6, 6.07) is 33.4. The van der Waals surface area contributed by atoms with E-state index in [2.05, 4.69) is 105 Å². The summed E-state index contributed by atoms with van der Waals surface area (Å²) in [6.07, 6.45) is 0. The fourth-order valence-corrected chi connectivity index (χ4v) is 5.93. The lowest BCUT2D eigenvalue weighted by Crippen LogP contribution is -2.64. The first-order chi connectivity index (χ1) is 14.9. The Bertz CT molecular complexity index is 1550. The van der Waals surface area contributed by atoms with Crippen molar-refractivity contribution >= 4 is 34.5 Å². The zero-order chi connectivity index (χ0) is 19.4. The van der Waals surface area contributed by atoms with Gasteiger partial charge in [0.1, 0.15) is 6.54 Å². The normalized spacial score (nSPS) is 14.4. The van der Waals surface area contributed by atoms with Gasteiger partial charge in [0.2, 0.25) is 0 Å². The van der Waals surface area contributed by atoms with Crippen molar-refractivity contribution < 1.29 is 4.57 Å². The van der Waals surface area contributed by atoms with Crippen LogP contribution in [-0.2, 0) is 6.54 Å². The third-order valence-electron chi connectivity index (χ3n) is 7.04. The van der Waals surface area contributed by atoms with E-state index in [0.717, 1.165) is 6.54 Å². The highest BCUT2D eigenvalue weighted by atomic mass is 15.6. The summed E-state index contributed by atoms with van der Waals surface area (Å²) < 4.78 is 4.97. The number of imidazole rings is 1. The summed E-state index contributed by atoms with van der Waals surface area (Å²) in [5.74, 6) is 1.31. The number of hydrogen-bond acceptors (Lipinski definition) is 1. The van der Waals surface area contributed by atoms with Gasteiger partial charge >= 0.3 is 12.7 Å². The number of nitrogens with zero attached hydrogens (tertiary/aromatic N) is 3. The molecule has 0 fully saturated rings. The number of para-hydroxylation sites is 3. The average molecular weight is 382 g/mol. The van der Waals surface area contributed by atoms with Crippen LogP contribution in [0.2, 0.25) is 0 Å². The molecule has 0 spiro atoms. The van der Waals surface area contributed by atoms with E-state index in [4.69, 9.17) is 0 Å². The molecule has 0 unspecified atom stereocenters. The molecule has 4 aromatic carbocycles. The molecule has 3 aliphatic heterocycles. The number of rotatable bonds is 0. The lowest BCUT2D eigenvalue weighted by atomic mass is 9.45. The van der Waals surface area contributed by atoms with Crippen LogP contribution in [0.3, 0.4) is 0 Å². The summed E-state index contributed by atoms with van der Waals surface area (Å²) in [6.45, 7) is 1.11. The molecule has 0 bridgehead atoms. The van der Waals surface area contributed by atoms with E-state index in [1.165, 1.54) is 55.7 Å². The van der Waals surface area contributed by atoms with Crippen LogP contribution in [0.25, 0.3) is 33.5 Å². The average Bonchev–Trinajstić information content (AvgIpc) is 3.34. The van der Waals surface area contributed by atoms with E-state index in [-0.39, 0.29) is 6.85 Å². The zero-order valence-corrected chi connectivity index (χ0v) is 16.3. The Labute approximate surface area is 174 Å². The molecule has 138 valence electrons. The lowest BCUT2D eigenvalue weighted by molar-refractivity contribution is -0.646. The van der Waals surface area contributed by atoms with Crippen molar-refractivity contribution in [3.8, 4) is 22.5 Å². The van der Waals surface area contributed by atoms with Crippen molar-refractivity contribution in [1.82, 2.24) is 4.68 Å². The molecule has 0 saturated heterocycles. The quantitative estimate of drug-likeness (QED) is 0.290. The third kappa shape index (κ3) is 1.57. The van der Waals surface area contributed by atoms with Gasteiger partial charge < -0.3 is 0 Å². The van der Waals surface area contributed by atoms with Crippen molar-refractivity contribution in [3.63, 3.8) is 0 Å². The van der Waals surface area contributed by atoms with E-state index in [1.54, 1.807) is 0 Å². The highest BCUT2D eigenvalue weighted by molar-refractivity contribution is 6.91. The van der Waals surface area contributed by atoms with Crippen LogP contribution in [0.15, 0.2) is 91.0 Å². The van der Waals surface area contributed by atoms with Gasteiger partial charge in [-0.3, -0.25) is 0 Å². The number of aromatic nitrogens is 2. The van der Waals surface area contributed by atoms with Crippen LogP contribution in [0.4, 0.5) is 5.69 Å². The number of benzene rings is 4. The minimum atomic E-state index is 0.168. The second-order valence-electron chi connectivity index (χ2n) is 8.44. The Morgan fingerprint density at radius 1 is 0.700 bits per heavy atom. The second-order valence-corrected chi connectivity index (χ2v) is 8.44. The first-order valence-electron chi connectivity index (χ1n) is 10.5. The summed E-state index contributed by atoms with van der Waals surface area (Å²) in [4.78, 5) is 2.53. The fourth-order valence-electron chi connectivity index (χ4n) is 5.93. The van der Waals surface area contributed by atoms with Crippen LogP contribution in [0.5, 0.6) is 0 Å². The maximum Gasteiger partial charge on any atom is 0.376 e. The van der Waals surface area contributed by atoms with Gasteiger partial charge in [0.05, 0.1) is 11.3 Å². The topological polar surface area (TPSA) is 12.0 Å². The summed E-state index contributed by atoms with van der Waals surface area (Å²) >= 11 is 0. The maximum atomic E-state index is 2.53. The van der Waals surface area contributed by atoms with Gasteiger partial charge in [-0.1, -0.05) is 72.8 Å². The minimum Gasteiger partial charge on any atom is -0.247 e. The molecule has 8 rings (SSSR count). The Morgan fingerprint density at radius 3 is 2.43 bits per heavy atom.